The van der Waals surface area contributed by atoms with Crippen molar-refractivity contribution in [1.82, 2.24) is 0 Å². The minimum absolute atomic E-state index is 0.139. The molecule has 1 atom stereocenters. The van der Waals surface area contributed by atoms with E-state index in [2.05, 4.69) is 10.6 Å². The molecule has 0 radical (unpaired) electrons. The number of carbonyl (C=O) groups excluding carboxylic acids is 1. The molecule has 5 heteroatoms. The molecule has 0 aliphatic heterocycles. The summed E-state index contributed by atoms with van der Waals surface area (Å²) in [5.41, 5.74) is 1.50. The van der Waals surface area contributed by atoms with Crippen LogP contribution in [0.15, 0.2) is 48.5 Å². The fourth-order valence-corrected chi connectivity index (χ4v) is 1.99. The first-order chi connectivity index (χ1) is 10.6. The van der Waals surface area contributed by atoms with Gasteiger partial charge in [-0.1, -0.05) is 12.1 Å². The highest BCUT2D eigenvalue weighted by molar-refractivity contribution is 5.97. The van der Waals surface area contributed by atoms with Crippen LogP contribution in [0.4, 0.5) is 11.4 Å². The van der Waals surface area contributed by atoms with Gasteiger partial charge in [0.05, 0.1) is 19.9 Å². The first-order valence-corrected chi connectivity index (χ1v) is 6.98. The van der Waals surface area contributed by atoms with E-state index in [1.165, 1.54) is 0 Å². The molecule has 0 bridgehead atoms. The molecule has 116 valence electrons. The summed E-state index contributed by atoms with van der Waals surface area (Å²) in [5.74, 6) is 1.27. The molecule has 0 spiro atoms. The molecule has 1 amide bonds. The largest absolute Gasteiger partial charge is 0.497 e. The Kier molecular flexibility index (Phi) is 5.25. The fourth-order valence-electron chi connectivity index (χ4n) is 1.99. The number of ether oxygens (including phenoxy) is 2. The molecule has 2 rings (SSSR count). The van der Waals surface area contributed by atoms with Gasteiger partial charge >= 0.3 is 0 Å². The molecule has 2 N–H and O–H groups in total. The molecule has 0 saturated carbocycles. The number of anilines is 2. The maximum absolute atomic E-state index is 12.3. The topological polar surface area (TPSA) is 59.6 Å². The van der Waals surface area contributed by atoms with Crippen LogP contribution in [-0.4, -0.2) is 26.2 Å². The number of amides is 1. The van der Waals surface area contributed by atoms with Gasteiger partial charge in [-0.05, 0) is 43.3 Å². The van der Waals surface area contributed by atoms with Crippen molar-refractivity contribution in [3.8, 4) is 11.5 Å². The zero-order valence-corrected chi connectivity index (χ0v) is 12.9. The van der Waals surface area contributed by atoms with Crippen LogP contribution in [0.2, 0.25) is 0 Å². The molecule has 0 fully saturated rings. The normalized spacial score (nSPS) is 11.4. The Morgan fingerprint density at radius 3 is 2.32 bits per heavy atom. The van der Waals surface area contributed by atoms with E-state index < -0.39 is 6.04 Å². The standard InChI is InChI=1S/C17H20N2O3/c1-12(18-13-8-10-14(21-2)11-9-13)17(20)19-15-6-4-5-7-16(15)22-3/h4-12,18H,1-3H3,(H,19,20). The Bertz CT molecular complexity index is 626. The number of hydrogen-bond donors (Lipinski definition) is 2. The van der Waals surface area contributed by atoms with Crippen LogP contribution in [0.25, 0.3) is 0 Å². The lowest BCUT2D eigenvalue weighted by Gasteiger charge is -2.16. The summed E-state index contributed by atoms with van der Waals surface area (Å²) in [7, 11) is 3.19. The Hall–Kier alpha value is -2.69. The number of carbonyl (C=O) groups is 1. The van der Waals surface area contributed by atoms with Gasteiger partial charge in [-0.3, -0.25) is 4.79 Å². The molecule has 0 aromatic heterocycles. The molecule has 0 aliphatic carbocycles. The second-order valence-electron chi connectivity index (χ2n) is 4.78. The summed E-state index contributed by atoms with van der Waals surface area (Å²) in [6.07, 6.45) is 0. The average Bonchev–Trinajstić information content (AvgIpc) is 2.56. The zero-order valence-electron chi connectivity index (χ0n) is 12.9. The average molecular weight is 300 g/mol. The molecule has 0 aliphatic rings. The molecular formula is C17H20N2O3. The summed E-state index contributed by atoms with van der Waals surface area (Å²) in [6.45, 7) is 1.80. The fraction of sp³-hybridized carbons (Fsp3) is 0.235. The number of rotatable bonds is 6. The molecule has 1 unspecified atom stereocenters. The minimum atomic E-state index is -0.390. The van der Waals surface area contributed by atoms with Crippen molar-refractivity contribution in [3.63, 3.8) is 0 Å². The number of nitrogens with one attached hydrogen (secondary N) is 2. The van der Waals surface area contributed by atoms with Crippen LogP contribution in [-0.2, 0) is 4.79 Å². The van der Waals surface area contributed by atoms with Crippen LogP contribution in [0.1, 0.15) is 6.92 Å². The monoisotopic (exact) mass is 300 g/mol. The van der Waals surface area contributed by atoms with E-state index in [4.69, 9.17) is 9.47 Å². The number of hydrogen-bond acceptors (Lipinski definition) is 4. The van der Waals surface area contributed by atoms with Gasteiger partial charge in [0.1, 0.15) is 17.5 Å². The predicted octanol–water partition coefficient (Wildman–Crippen LogP) is 3.14. The van der Waals surface area contributed by atoms with Crippen molar-refractivity contribution in [2.75, 3.05) is 24.9 Å². The third kappa shape index (κ3) is 3.91. The highest BCUT2D eigenvalue weighted by atomic mass is 16.5. The van der Waals surface area contributed by atoms with Gasteiger partial charge in [0.2, 0.25) is 5.91 Å². The summed E-state index contributed by atoms with van der Waals surface area (Å²) >= 11 is 0. The molecule has 0 heterocycles. The van der Waals surface area contributed by atoms with Gasteiger partial charge in [-0.2, -0.15) is 0 Å². The van der Waals surface area contributed by atoms with E-state index in [1.807, 2.05) is 36.4 Å². The van der Waals surface area contributed by atoms with E-state index >= 15 is 0 Å². The van der Waals surface area contributed by atoms with Gasteiger partial charge < -0.3 is 20.1 Å². The highest BCUT2D eigenvalue weighted by Gasteiger charge is 2.14. The van der Waals surface area contributed by atoms with Crippen LogP contribution in [0.3, 0.4) is 0 Å². The van der Waals surface area contributed by atoms with E-state index in [1.54, 1.807) is 33.3 Å². The van der Waals surface area contributed by atoms with E-state index in [0.29, 0.717) is 11.4 Å². The van der Waals surface area contributed by atoms with Crippen molar-refractivity contribution in [2.45, 2.75) is 13.0 Å². The Labute approximate surface area is 130 Å². The maximum atomic E-state index is 12.3. The number of benzene rings is 2. The van der Waals surface area contributed by atoms with Crippen LogP contribution in [0.5, 0.6) is 11.5 Å². The third-order valence-corrected chi connectivity index (χ3v) is 3.23. The SMILES string of the molecule is COc1ccc(NC(C)C(=O)Nc2ccccc2OC)cc1. The summed E-state index contributed by atoms with van der Waals surface area (Å²) in [6, 6.07) is 14.3. The maximum Gasteiger partial charge on any atom is 0.246 e. The smallest absolute Gasteiger partial charge is 0.246 e. The molecule has 22 heavy (non-hydrogen) atoms. The van der Waals surface area contributed by atoms with E-state index in [-0.39, 0.29) is 5.91 Å². The molecule has 5 nitrogen and oxygen atoms in total. The second kappa shape index (κ2) is 7.36. The second-order valence-corrected chi connectivity index (χ2v) is 4.78. The lowest BCUT2D eigenvalue weighted by molar-refractivity contribution is -0.116. The Balaban J connectivity index is 1.99. The summed E-state index contributed by atoms with van der Waals surface area (Å²) in [4.78, 5) is 12.3. The van der Waals surface area contributed by atoms with Crippen LogP contribution < -0.4 is 20.1 Å². The zero-order chi connectivity index (χ0) is 15.9. The van der Waals surface area contributed by atoms with Crippen molar-refractivity contribution in [2.24, 2.45) is 0 Å². The number of para-hydroxylation sites is 2. The van der Waals surface area contributed by atoms with E-state index in [9.17, 15) is 4.79 Å². The minimum Gasteiger partial charge on any atom is -0.497 e. The summed E-state index contributed by atoms with van der Waals surface area (Å²) in [5, 5.41) is 6.00. The Morgan fingerprint density at radius 1 is 1.00 bits per heavy atom. The predicted molar refractivity (Wildman–Crippen MR) is 87.7 cm³/mol. The number of methoxy groups -OCH3 is 2. The molecule has 0 saturated heterocycles. The molecule has 2 aromatic carbocycles. The molecule has 2 aromatic rings. The quantitative estimate of drug-likeness (QED) is 0.860. The van der Waals surface area contributed by atoms with Gasteiger partial charge in [-0.15, -0.1) is 0 Å². The van der Waals surface area contributed by atoms with Gasteiger partial charge in [0, 0.05) is 5.69 Å². The van der Waals surface area contributed by atoms with Crippen molar-refractivity contribution < 1.29 is 14.3 Å². The molecular weight excluding hydrogens is 280 g/mol. The third-order valence-electron chi connectivity index (χ3n) is 3.23. The van der Waals surface area contributed by atoms with Crippen molar-refractivity contribution >= 4 is 17.3 Å². The van der Waals surface area contributed by atoms with Crippen molar-refractivity contribution in [1.29, 1.82) is 0 Å². The van der Waals surface area contributed by atoms with Crippen LogP contribution >= 0.6 is 0 Å². The van der Waals surface area contributed by atoms with Gasteiger partial charge in [0.25, 0.3) is 0 Å². The lowest BCUT2D eigenvalue weighted by Crippen LogP contribution is -2.31. The van der Waals surface area contributed by atoms with Gasteiger partial charge in [-0.25, -0.2) is 0 Å². The van der Waals surface area contributed by atoms with Crippen LogP contribution in [0, 0.1) is 0 Å². The lowest BCUT2D eigenvalue weighted by atomic mass is 10.2. The van der Waals surface area contributed by atoms with Gasteiger partial charge in [0.15, 0.2) is 0 Å². The summed E-state index contributed by atoms with van der Waals surface area (Å²) < 4.78 is 10.3. The van der Waals surface area contributed by atoms with E-state index in [0.717, 1.165) is 11.4 Å². The Morgan fingerprint density at radius 2 is 1.68 bits per heavy atom. The highest BCUT2D eigenvalue weighted by Crippen LogP contribution is 2.23. The first-order valence-electron chi connectivity index (χ1n) is 6.98. The van der Waals surface area contributed by atoms with Crippen molar-refractivity contribution in [3.05, 3.63) is 48.5 Å². The first kappa shape index (κ1) is 15.7.